The molecule has 220 valence electrons. The molecule has 0 amide bonds. The molecule has 4 aromatic heterocycles. The molecule has 6 rings (SSSR count). The fourth-order valence-corrected chi connectivity index (χ4v) is 5.88. The van der Waals surface area contributed by atoms with Crippen molar-refractivity contribution in [3.63, 3.8) is 0 Å². The minimum absolute atomic E-state index is 0.0533. The Morgan fingerprint density at radius 2 is 1.95 bits per heavy atom. The van der Waals surface area contributed by atoms with Crippen molar-refractivity contribution in [3.05, 3.63) is 35.3 Å². The maximum Gasteiger partial charge on any atom is 0.472 e. The smallest absolute Gasteiger partial charge is 0.394 e. The summed E-state index contributed by atoms with van der Waals surface area (Å²) in [6.07, 6.45) is -4.31. The second-order valence-corrected chi connectivity index (χ2v) is 10.9. The number of phosphoric acid groups is 1. The van der Waals surface area contributed by atoms with Crippen LogP contribution >= 0.6 is 7.82 Å². The standard InChI is InChI=1S/C21H26N9O10P/c22-16-8-1-2-29(17(8)25-6-24-16)12-3-9(32)11(38-12)5-37-41(35,36)40-15-14(33)10(4-31)39-20(15)30-7-26-13-18(30)27-21(23)28-19(13)34/h1-2,6-7,9-12,14-15,20,31-33H,3-5H2,(H,35,36)(H2,22,24,25)(H3,23,27,28,34)/t9-,10-,11-,12-,14+,15+,20-/m1/s1. The minimum atomic E-state index is -4.94. The lowest BCUT2D eigenvalue weighted by atomic mass is 10.1. The third-order valence-electron chi connectivity index (χ3n) is 6.93. The molecule has 0 aromatic carbocycles. The average Bonchev–Trinajstić information content (AvgIpc) is 3.69. The number of aromatic amines is 1. The molecule has 4 aromatic rings. The van der Waals surface area contributed by atoms with Gasteiger partial charge < -0.3 is 45.7 Å². The lowest BCUT2D eigenvalue weighted by molar-refractivity contribution is -0.0592. The quantitative estimate of drug-likeness (QED) is 0.110. The van der Waals surface area contributed by atoms with Crippen LogP contribution in [0.4, 0.5) is 11.8 Å². The van der Waals surface area contributed by atoms with Crippen LogP contribution in [0.25, 0.3) is 22.2 Å². The largest absolute Gasteiger partial charge is 0.472 e. The van der Waals surface area contributed by atoms with Gasteiger partial charge >= 0.3 is 7.82 Å². The van der Waals surface area contributed by atoms with Gasteiger partial charge in [-0.15, -0.1) is 0 Å². The van der Waals surface area contributed by atoms with Gasteiger partial charge in [-0.25, -0.2) is 19.5 Å². The van der Waals surface area contributed by atoms with Crippen LogP contribution in [-0.2, 0) is 23.1 Å². The topological polar surface area (TPSA) is 281 Å². The van der Waals surface area contributed by atoms with Crippen molar-refractivity contribution >= 4 is 41.8 Å². The Morgan fingerprint density at radius 3 is 2.73 bits per heavy atom. The maximum absolute atomic E-state index is 13.0. The van der Waals surface area contributed by atoms with Crippen LogP contribution in [-0.4, -0.2) is 98.0 Å². The lowest BCUT2D eigenvalue weighted by Gasteiger charge is -2.25. The number of nitrogens with zero attached hydrogens (tertiary/aromatic N) is 6. The molecule has 2 aliphatic rings. The van der Waals surface area contributed by atoms with Crippen molar-refractivity contribution in [1.82, 2.24) is 34.1 Å². The molecular formula is C21H26N9O10P. The zero-order chi connectivity index (χ0) is 29.1. The Hall–Kier alpha value is -3.52. The van der Waals surface area contributed by atoms with Crippen LogP contribution in [0, 0.1) is 0 Å². The van der Waals surface area contributed by atoms with E-state index in [9.17, 15) is 29.6 Å². The number of aromatic nitrogens is 7. The van der Waals surface area contributed by atoms with E-state index < -0.39 is 69.6 Å². The predicted molar refractivity (Wildman–Crippen MR) is 137 cm³/mol. The lowest BCUT2D eigenvalue weighted by Crippen LogP contribution is -2.35. The molecule has 9 N–H and O–H groups in total. The molecule has 0 spiro atoms. The highest BCUT2D eigenvalue weighted by Crippen LogP contribution is 2.50. The second-order valence-electron chi connectivity index (χ2n) is 9.50. The SMILES string of the molecule is Nc1nc2c(ncn2[C@@H]2O[C@H](CO)[C@H](O)[C@@H]2OP(=O)(O)OC[C@H]2O[C@@H](n3ccc4c(N)ncnc43)C[C@H]2O)c(=O)[nH]1. The number of imidazole rings is 1. The van der Waals surface area contributed by atoms with E-state index in [1.165, 1.54) is 10.9 Å². The first-order valence-electron chi connectivity index (χ1n) is 12.3. The third kappa shape index (κ3) is 4.96. The maximum atomic E-state index is 13.0. The van der Waals surface area contributed by atoms with E-state index in [0.29, 0.717) is 11.0 Å². The van der Waals surface area contributed by atoms with Gasteiger partial charge in [0.15, 0.2) is 17.4 Å². The summed E-state index contributed by atoms with van der Waals surface area (Å²) in [5, 5.41) is 31.5. The van der Waals surface area contributed by atoms with Gasteiger partial charge in [0.25, 0.3) is 5.56 Å². The Morgan fingerprint density at radius 1 is 1.15 bits per heavy atom. The number of ether oxygens (including phenoxy) is 2. The highest BCUT2D eigenvalue weighted by Gasteiger charge is 2.49. The summed E-state index contributed by atoms with van der Waals surface area (Å²) in [6.45, 7) is -1.22. The zero-order valence-electron chi connectivity index (χ0n) is 21.0. The number of H-pyrrole nitrogens is 1. The summed E-state index contributed by atoms with van der Waals surface area (Å²) in [4.78, 5) is 41.1. The van der Waals surface area contributed by atoms with Gasteiger partial charge in [0, 0.05) is 12.6 Å². The summed E-state index contributed by atoms with van der Waals surface area (Å²) in [5.41, 5.74) is 11.2. The number of nitrogen functional groups attached to an aromatic ring is 2. The first-order chi connectivity index (χ1) is 19.6. The minimum Gasteiger partial charge on any atom is -0.394 e. The molecule has 8 atom stereocenters. The van der Waals surface area contributed by atoms with Crippen LogP contribution < -0.4 is 17.0 Å². The Labute approximate surface area is 228 Å². The molecular weight excluding hydrogens is 569 g/mol. The first-order valence-corrected chi connectivity index (χ1v) is 13.8. The molecule has 2 aliphatic heterocycles. The average molecular weight is 595 g/mol. The van der Waals surface area contributed by atoms with Gasteiger partial charge in [-0.1, -0.05) is 0 Å². The summed E-state index contributed by atoms with van der Waals surface area (Å²) >= 11 is 0. The van der Waals surface area contributed by atoms with Crippen LogP contribution in [0.2, 0.25) is 0 Å². The molecule has 1 unspecified atom stereocenters. The Balaban J connectivity index is 1.17. The zero-order valence-corrected chi connectivity index (χ0v) is 21.9. The van der Waals surface area contributed by atoms with E-state index in [2.05, 4.69) is 24.9 Å². The monoisotopic (exact) mass is 595 g/mol. The number of hydrogen-bond acceptors (Lipinski definition) is 15. The predicted octanol–water partition coefficient (Wildman–Crippen LogP) is -1.87. The van der Waals surface area contributed by atoms with Gasteiger partial charge in [0.1, 0.15) is 48.4 Å². The molecule has 2 saturated heterocycles. The summed E-state index contributed by atoms with van der Waals surface area (Å²) in [6, 6.07) is 1.70. The van der Waals surface area contributed by atoms with Gasteiger partial charge in [-0.05, 0) is 6.07 Å². The van der Waals surface area contributed by atoms with Gasteiger partial charge in [-0.3, -0.25) is 23.4 Å². The Kier molecular flexibility index (Phi) is 7.00. The van der Waals surface area contributed by atoms with E-state index >= 15 is 0 Å². The number of rotatable bonds is 8. The molecule has 6 heterocycles. The number of hydrogen-bond donors (Lipinski definition) is 7. The third-order valence-corrected chi connectivity index (χ3v) is 7.91. The highest BCUT2D eigenvalue weighted by atomic mass is 31.2. The van der Waals surface area contributed by atoms with E-state index in [1.807, 2.05) is 0 Å². The molecule has 0 radical (unpaired) electrons. The number of phosphoric ester groups is 1. The highest BCUT2D eigenvalue weighted by molar-refractivity contribution is 7.47. The number of nitrogens with one attached hydrogen (secondary N) is 1. The van der Waals surface area contributed by atoms with Gasteiger partial charge in [0.05, 0.1) is 31.0 Å². The van der Waals surface area contributed by atoms with E-state index in [0.717, 1.165) is 6.33 Å². The van der Waals surface area contributed by atoms with E-state index in [4.69, 9.17) is 30.0 Å². The van der Waals surface area contributed by atoms with Crippen molar-refractivity contribution in [3.8, 4) is 0 Å². The van der Waals surface area contributed by atoms with Crippen molar-refractivity contribution in [2.45, 2.75) is 49.4 Å². The molecule has 20 heteroatoms. The number of aliphatic hydroxyl groups excluding tert-OH is 3. The van der Waals surface area contributed by atoms with Crippen molar-refractivity contribution in [2.75, 3.05) is 24.7 Å². The van der Waals surface area contributed by atoms with Crippen LogP contribution in [0.15, 0.2) is 29.7 Å². The molecule has 0 saturated carbocycles. The first kappa shape index (κ1) is 27.6. The van der Waals surface area contributed by atoms with Crippen molar-refractivity contribution < 1.29 is 43.3 Å². The number of anilines is 2. The fourth-order valence-electron chi connectivity index (χ4n) is 4.95. The van der Waals surface area contributed by atoms with Crippen molar-refractivity contribution in [2.24, 2.45) is 0 Å². The van der Waals surface area contributed by atoms with Gasteiger partial charge in [0.2, 0.25) is 5.95 Å². The van der Waals surface area contributed by atoms with Gasteiger partial charge in [-0.2, -0.15) is 4.98 Å². The molecule has 0 bridgehead atoms. The summed E-state index contributed by atoms with van der Waals surface area (Å²) in [5.74, 6) is 0.0486. The van der Waals surface area contributed by atoms with Crippen LogP contribution in [0.5, 0.6) is 0 Å². The molecule has 2 fully saturated rings. The second kappa shape index (κ2) is 10.4. The summed E-state index contributed by atoms with van der Waals surface area (Å²) < 4.78 is 37.7. The molecule has 41 heavy (non-hydrogen) atoms. The fraction of sp³-hybridized carbons (Fsp3) is 0.476. The Bertz CT molecular complexity index is 1690. The molecule has 19 nitrogen and oxygen atoms in total. The number of aliphatic hydroxyl groups is 3. The molecule has 0 aliphatic carbocycles. The van der Waals surface area contributed by atoms with Crippen LogP contribution in [0.3, 0.4) is 0 Å². The van der Waals surface area contributed by atoms with E-state index in [1.54, 1.807) is 16.8 Å². The normalized spacial score (nSPS) is 29.9. The van der Waals surface area contributed by atoms with Crippen LogP contribution in [0.1, 0.15) is 18.9 Å². The van der Waals surface area contributed by atoms with Crippen molar-refractivity contribution in [1.29, 1.82) is 0 Å². The number of nitrogens with two attached hydrogens (primary N) is 2. The van der Waals surface area contributed by atoms with E-state index in [-0.39, 0.29) is 29.4 Å². The summed E-state index contributed by atoms with van der Waals surface area (Å²) in [7, 11) is -4.94. The number of fused-ring (bicyclic) bond motifs is 2.